The summed E-state index contributed by atoms with van der Waals surface area (Å²) < 4.78 is 36.8. The molecule has 1 aromatic carbocycles. The summed E-state index contributed by atoms with van der Waals surface area (Å²) >= 11 is 5.77. The minimum atomic E-state index is -3.91. The van der Waals surface area contributed by atoms with E-state index in [0.29, 0.717) is 0 Å². The van der Waals surface area contributed by atoms with Crippen molar-refractivity contribution in [2.24, 2.45) is 0 Å². The van der Waals surface area contributed by atoms with Crippen LogP contribution >= 0.6 is 11.6 Å². The number of anilines is 1. The predicted molar refractivity (Wildman–Crippen MR) is 77.4 cm³/mol. The summed E-state index contributed by atoms with van der Waals surface area (Å²) in [7, 11) is -1.14. The summed E-state index contributed by atoms with van der Waals surface area (Å²) in [5.74, 6) is 0.164. The first-order chi connectivity index (χ1) is 9.96. The second-order valence-corrected chi connectivity index (χ2v) is 5.85. The Morgan fingerprint density at radius 1 is 1.14 bits per heavy atom. The first kappa shape index (κ1) is 15.3. The number of hydrogen-bond acceptors (Lipinski definition) is 6. The molecule has 0 bridgehead atoms. The van der Waals surface area contributed by atoms with Crippen molar-refractivity contribution in [1.29, 1.82) is 0 Å². The van der Waals surface area contributed by atoms with E-state index in [1.165, 1.54) is 32.4 Å². The zero-order valence-electron chi connectivity index (χ0n) is 11.2. The Hall–Kier alpha value is -2.06. The van der Waals surface area contributed by atoms with Crippen LogP contribution in [0.25, 0.3) is 0 Å². The van der Waals surface area contributed by atoms with E-state index >= 15 is 0 Å². The molecule has 0 atom stereocenters. The molecule has 0 radical (unpaired) electrons. The van der Waals surface area contributed by atoms with Gasteiger partial charge in [-0.05, 0) is 12.1 Å². The Bertz CT molecular complexity index is 752. The van der Waals surface area contributed by atoms with Gasteiger partial charge >= 0.3 is 0 Å². The number of halogens is 1. The van der Waals surface area contributed by atoms with Gasteiger partial charge in [0.05, 0.1) is 14.2 Å². The van der Waals surface area contributed by atoms with E-state index in [1.807, 2.05) is 0 Å². The molecule has 1 N–H and O–H groups in total. The molecule has 0 unspecified atom stereocenters. The van der Waals surface area contributed by atoms with E-state index in [1.54, 1.807) is 12.1 Å². The molecule has 0 saturated carbocycles. The SMILES string of the molecule is COc1cc(Cl)nc(NS(=O)(=O)c2ccccc2OC)n1. The van der Waals surface area contributed by atoms with Crippen molar-refractivity contribution < 1.29 is 17.9 Å². The van der Waals surface area contributed by atoms with Crippen molar-refractivity contribution in [3.05, 3.63) is 35.5 Å². The fourth-order valence-corrected chi connectivity index (χ4v) is 2.85. The highest BCUT2D eigenvalue weighted by Gasteiger charge is 2.20. The van der Waals surface area contributed by atoms with Gasteiger partial charge in [0, 0.05) is 6.07 Å². The summed E-state index contributed by atoms with van der Waals surface area (Å²) in [6, 6.07) is 7.55. The van der Waals surface area contributed by atoms with E-state index in [4.69, 9.17) is 21.1 Å². The molecule has 9 heteroatoms. The van der Waals surface area contributed by atoms with E-state index in [-0.39, 0.29) is 27.6 Å². The Morgan fingerprint density at radius 2 is 1.86 bits per heavy atom. The molecule has 1 heterocycles. The smallest absolute Gasteiger partial charge is 0.267 e. The number of aromatic nitrogens is 2. The lowest BCUT2D eigenvalue weighted by atomic mass is 10.3. The lowest BCUT2D eigenvalue weighted by Gasteiger charge is -2.10. The monoisotopic (exact) mass is 329 g/mol. The van der Waals surface area contributed by atoms with E-state index in [0.717, 1.165) is 0 Å². The van der Waals surface area contributed by atoms with Gasteiger partial charge < -0.3 is 9.47 Å². The molecular formula is C12H12ClN3O4S. The van der Waals surface area contributed by atoms with Crippen LogP contribution in [-0.4, -0.2) is 32.6 Å². The van der Waals surface area contributed by atoms with Crippen molar-refractivity contribution >= 4 is 27.6 Å². The largest absolute Gasteiger partial charge is 0.495 e. The quantitative estimate of drug-likeness (QED) is 0.843. The third-order valence-corrected chi connectivity index (χ3v) is 4.03. The van der Waals surface area contributed by atoms with Gasteiger partial charge in [0.1, 0.15) is 15.8 Å². The molecule has 112 valence electrons. The normalized spacial score (nSPS) is 11.0. The standard InChI is InChI=1S/C12H12ClN3O4S/c1-19-8-5-3-4-6-9(8)21(17,18)16-12-14-10(13)7-11(15-12)20-2/h3-7H,1-2H3,(H,14,15,16). The Kier molecular flexibility index (Phi) is 4.49. The molecular weight excluding hydrogens is 318 g/mol. The van der Waals surface area contributed by atoms with Gasteiger partial charge in [0.25, 0.3) is 10.0 Å². The molecule has 0 aliphatic carbocycles. The fourth-order valence-electron chi connectivity index (χ4n) is 1.56. The van der Waals surface area contributed by atoms with Crippen LogP contribution in [0.2, 0.25) is 5.15 Å². The molecule has 0 aliphatic rings. The van der Waals surface area contributed by atoms with E-state index in [9.17, 15) is 8.42 Å². The van der Waals surface area contributed by atoms with Gasteiger partial charge in [-0.25, -0.2) is 18.1 Å². The maximum atomic E-state index is 12.3. The van der Waals surface area contributed by atoms with Crippen LogP contribution in [0.1, 0.15) is 0 Å². The zero-order chi connectivity index (χ0) is 15.5. The van der Waals surface area contributed by atoms with Crippen molar-refractivity contribution in [2.75, 3.05) is 18.9 Å². The average Bonchev–Trinajstić information content (AvgIpc) is 2.46. The van der Waals surface area contributed by atoms with E-state index < -0.39 is 10.0 Å². The van der Waals surface area contributed by atoms with Crippen LogP contribution in [-0.2, 0) is 10.0 Å². The molecule has 2 aromatic rings. The van der Waals surface area contributed by atoms with Crippen LogP contribution in [0.3, 0.4) is 0 Å². The Morgan fingerprint density at radius 3 is 2.52 bits per heavy atom. The number of methoxy groups -OCH3 is 2. The number of ether oxygens (including phenoxy) is 2. The summed E-state index contributed by atoms with van der Waals surface area (Å²) in [6.07, 6.45) is 0. The fraction of sp³-hybridized carbons (Fsp3) is 0.167. The summed E-state index contributed by atoms with van der Waals surface area (Å²) in [4.78, 5) is 7.63. The second kappa shape index (κ2) is 6.15. The van der Waals surface area contributed by atoms with Crippen LogP contribution in [0.5, 0.6) is 11.6 Å². The third kappa shape index (κ3) is 3.53. The molecule has 0 aliphatic heterocycles. The number of nitrogens with one attached hydrogen (secondary N) is 1. The van der Waals surface area contributed by atoms with Gasteiger partial charge in [-0.2, -0.15) is 4.98 Å². The van der Waals surface area contributed by atoms with Gasteiger partial charge in [-0.3, -0.25) is 0 Å². The third-order valence-electron chi connectivity index (χ3n) is 2.46. The van der Waals surface area contributed by atoms with Crippen LogP contribution < -0.4 is 14.2 Å². The molecule has 0 amide bonds. The van der Waals surface area contributed by atoms with Crippen molar-refractivity contribution in [1.82, 2.24) is 9.97 Å². The highest BCUT2D eigenvalue weighted by Crippen LogP contribution is 2.25. The topological polar surface area (TPSA) is 90.4 Å². The van der Waals surface area contributed by atoms with Crippen molar-refractivity contribution in [3.63, 3.8) is 0 Å². The maximum absolute atomic E-state index is 12.3. The maximum Gasteiger partial charge on any atom is 0.267 e. The van der Waals surface area contributed by atoms with Gasteiger partial charge in [0.15, 0.2) is 0 Å². The summed E-state index contributed by atoms with van der Waals surface area (Å²) in [5, 5.41) is 0.0552. The van der Waals surface area contributed by atoms with Crippen LogP contribution in [0.4, 0.5) is 5.95 Å². The molecule has 21 heavy (non-hydrogen) atoms. The lowest BCUT2D eigenvalue weighted by molar-refractivity contribution is 0.397. The minimum Gasteiger partial charge on any atom is -0.495 e. The number of sulfonamides is 1. The lowest BCUT2D eigenvalue weighted by Crippen LogP contribution is -2.16. The number of rotatable bonds is 5. The first-order valence-electron chi connectivity index (χ1n) is 5.70. The zero-order valence-corrected chi connectivity index (χ0v) is 12.8. The molecule has 1 aromatic heterocycles. The van der Waals surface area contributed by atoms with Crippen LogP contribution in [0.15, 0.2) is 35.2 Å². The number of benzene rings is 1. The molecule has 7 nitrogen and oxygen atoms in total. The van der Waals surface area contributed by atoms with Crippen molar-refractivity contribution in [3.8, 4) is 11.6 Å². The Balaban J connectivity index is 2.40. The molecule has 0 spiro atoms. The highest BCUT2D eigenvalue weighted by molar-refractivity contribution is 7.92. The van der Waals surface area contributed by atoms with Gasteiger partial charge in [-0.1, -0.05) is 23.7 Å². The predicted octanol–water partition coefficient (Wildman–Crippen LogP) is 1.95. The van der Waals surface area contributed by atoms with Crippen molar-refractivity contribution in [2.45, 2.75) is 4.90 Å². The Labute approximate surface area is 126 Å². The first-order valence-corrected chi connectivity index (χ1v) is 7.57. The summed E-state index contributed by atoms with van der Waals surface area (Å²) in [6.45, 7) is 0. The second-order valence-electron chi connectivity index (χ2n) is 3.81. The van der Waals surface area contributed by atoms with E-state index in [2.05, 4.69) is 14.7 Å². The van der Waals surface area contributed by atoms with Gasteiger partial charge in [0.2, 0.25) is 11.8 Å². The van der Waals surface area contributed by atoms with Crippen LogP contribution in [0, 0.1) is 0 Å². The highest BCUT2D eigenvalue weighted by atomic mass is 35.5. The number of hydrogen-bond donors (Lipinski definition) is 1. The number of para-hydroxylation sites is 1. The summed E-state index contributed by atoms with van der Waals surface area (Å²) in [5.41, 5.74) is 0. The molecule has 0 saturated heterocycles. The average molecular weight is 330 g/mol. The molecule has 0 fully saturated rings. The molecule has 2 rings (SSSR count). The minimum absolute atomic E-state index is 0.0324. The van der Waals surface area contributed by atoms with Gasteiger partial charge in [-0.15, -0.1) is 0 Å². The number of nitrogens with zero attached hydrogens (tertiary/aromatic N) is 2.